The lowest BCUT2D eigenvalue weighted by Crippen LogP contribution is -2.29. The van der Waals surface area contributed by atoms with Gasteiger partial charge in [-0.2, -0.15) is 0 Å². The van der Waals surface area contributed by atoms with E-state index in [9.17, 15) is 0 Å². The SMILES string of the molecule is C=CC1(Sc2ccccc2)C=CC=CC1CC. The summed E-state index contributed by atoms with van der Waals surface area (Å²) in [4.78, 5) is 1.30. The van der Waals surface area contributed by atoms with E-state index in [1.807, 2.05) is 11.8 Å². The van der Waals surface area contributed by atoms with Crippen LogP contribution in [0.4, 0.5) is 0 Å². The molecule has 1 aromatic rings. The highest BCUT2D eigenvalue weighted by molar-refractivity contribution is 8.01. The van der Waals surface area contributed by atoms with Crippen molar-refractivity contribution in [2.45, 2.75) is 23.0 Å². The molecule has 1 aliphatic rings. The molecule has 1 heteroatoms. The van der Waals surface area contributed by atoms with Gasteiger partial charge in [-0.1, -0.05) is 55.5 Å². The molecular formula is C16H18S. The van der Waals surface area contributed by atoms with E-state index in [4.69, 9.17) is 0 Å². The minimum Gasteiger partial charge on any atom is -0.110 e. The lowest BCUT2D eigenvalue weighted by atomic mass is 9.85. The molecule has 2 rings (SSSR count). The molecule has 0 nitrogen and oxygen atoms in total. The van der Waals surface area contributed by atoms with Gasteiger partial charge in [-0.25, -0.2) is 0 Å². The van der Waals surface area contributed by atoms with E-state index in [0.717, 1.165) is 6.42 Å². The summed E-state index contributed by atoms with van der Waals surface area (Å²) in [6.45, 7) is 6.28. The third-order valence-corrected chi connectivity index (χ3v) is 4.65. The molecule has 1 aliphatic carbocycles. The number of hydrogen-bond donors (Lipinski definition) is 0. The summed E-state index contributed by atoms with van der Waals surface area (Å²) in [5.41, 5.74) is 0. The maximum absolute atomic E-state index is 4.04. The molecule has 0 radical (unpaired) electrons. The Morgan fingerprint density at radius 1 is 1.29 bits per heavy atom. The van der Waals surface area contributed by atoms with Crippen molar-refractivity contribution in [3.63, 3.8) is 0 Å². The zero-order valence-electron chi connectivity index (χ0n) is 10.2. The number of hydrogen-bond acceptors (Lipinski definition) is 1. The smallest absolute Gasteiger partial charge is 0.0628 e. The van der Waals surface area contributed by atoms with Crippen molar-refractivity contribution in [3.8, 4) is 0 Å². The number of thioether (sulfide) groups is 1. The molecule has 0 saturated heterocycles. The molecule has 0 amide bonds. The highest BCUT2D eigenvalue weighted by Gasteiger charge is 2.33. The minimum atomic E-state index is 0.00481. The van der Waals surface area contributed by atoms with Crippen LogP contribution in [0.15, 0.2) is 72.2 Å². The van der Waals surface area contributed by atoms with Crippen LogP contribution < -0.4 is 0 Å². The van der Waals surface area contributed by atoms with Crippen LogP contribution in [0.3, 0.4) is 0 Å². The molecule has 0 aromatic heterocycles. The van der Waals surface area contributed by atoms with Gasteiger partial charge in [0.05, 0.1) is 4.75 Å². The van der Waals surface area contributed by atoms with Crippen LogP contribution in [-0.2, 0) is 0 Å². The van der Waals surface area contributed by atoms with Gasteiger partial charge in [0, 0.05) is 4.90 Å². The first-order valence-electron chi connectivity index (χ1n) is 6.04. The fraction of sp³-hybridized carbons (Fsp3) is 0.250. The Labute approximate surface area is 108 Å². The van der Waals surface area contributed by atoms with Gasteiger partial charge in [-0.3, -0.25) is 0 Å². The highest BCUT2D eigenvalue weighted by Crippen LogP contribution is 2.44. The lowest BCUT2D eigenvalue weighted by molar-refractivity contribution is 0.570. The second-order valence-corrected chi connectivity index (χ2v) is 5.61. The second-order valence-electron chi connectivity index (χ2n) is 4.23. The fourth-order valence-corrected chi connectivity index (χ4v) is 3.52. The molecule has 0 aliphatic heterocycles. The largest absolute Gasteiger partial charge is 0.110 e. The third kappa shape index (κ3) is 2.55. The summed E-state index contributed by atoms with van der Waals surface area (Å²) < 4.78 is 0.00481. The van der Waals surface area contributed by atoms with Crippen LogP contribution in [0.2, 0.25) is 0 Å². The second kappa shape index (κ2) is 5.42. The van der Waals surface area contributed by atoms with Crippen molar-refractivity contribution >= 4 is 11.8 Å². The molecular weight excluding hydrogens is 224 g/mol. The minimum absolute atomic E-state index is 0.00481. The van der Waals surface area contributed by atoms with E-state index in [1.54, 1.807) is 0 Å². The third-order valence-electron chi connectivity index (χ3n) is 3.19. The topological polar surface area (TPSA) is 0 Å². The molecule has 88 valence electrons. The molecule has 0 fully saturated rings. The van der Waals surface area contributed by atoms with E-state index < -0.39 is 0 Å². The predicted molar refractivity (Wildman–Crippen MR) is 77.3 cm³/mol. The Balaban J connectivity index is 2.28. The molecule has 0 spiro atoms. The monoisotopic (exact) mass is 242 g/mol. The average molecular weight is 242 g/mol. The van der Waals surface area contributed by atoms with E-state index in [-0.39, 0.29) is 4.75 Å². The number of benzene rings is 1. The van der Waals surface area contributed by atoms with Crippen molar-refractivity contribution in [2.24, 2.45) is 5.92 Å². The Morgan fingerprint density at radius 3 is 2.71 bits per heavy atom. The first-order chi connectivity index (χ1) is 8.30. The van der Waals surface area contributed by atoms with E-state index in [0.29, 0.717) is 5.92 Å². The maximum atomic E-state index is 4.04. The first-order valence-corrected chi connectivity index (χ1v) is 6.86. The van der Waals surface area contributed by atoms with Crippen LogP contribution in [0, 0.1) is 5.92 Å². The summed E-state index contributed by atoms with van der Waals surface area (Å²) >= 11 is 1.89. The fourth-order valence-electron chi connectivity index (χ4n) is 2.20. The standard InChI is InChI=1S/C16H18S/c1-3-14-10-8-9-13-16(14,4-2)17-15-11-6-5-7-12-15/h4-14H,2-3H2,1H3. The summed E-state index contributed by atoms with van der Waals surface area (Å²) in [5.74, 6) is 0.523. The van der Waals surface area contributed by atoms with Crippen molar-refractivity contribution in [1.29, 1.82) is 0 Å². The maximum Gasteiger partial charge on any atom is 0.0628 e. The van der Waals surface area contributed by atoms with Crippen LogP contribution in [0.5, 0.6) is 0 Å². The summed E-state index contributed by atoms with van der Waals surface area (Å²) in [5, 5.41) is 0. The zero-order valence-corrected chi connectivity index (χ0v) is 11.0. The van der Waals surface area contributed by atoms with Crippen molar-refractivity contribution in [2.75, 3.05) is 0 Å². The molecule has 0 N–H and O–H groups in total. The summed E-state index contributed by atoms with van der Waals surface area (Å²) in [6.07, 6.45) is 12.0. The van der Waals surface area contributed by atoms with Gasteiger partial charge < -0.3 is 0 Å². The van der Waals surface area contributed by atoms with Crippen LogP contribution >= 0.6 is 11.8 Å². The molecule has 0 bridgehead atoms. The van der Waals surface area contributed by atoms with Crippen molar-refractivity contribution < 1.29 is 0 Å². The van der Waals surface area contributed by atoms with Gasteiger partial charge in [-0.05, 0) is 24.5 Å². The molecule has 2 unspecified atom stereocenters. The predicted octanol–water partition coefficient (Wildman–Crippen LogP) is 4.86. The summed E-state index contributed by atoms with van der Waals surface area (Å²) in [7, 11) is 0. The van der Waals surface area contributed by atoms with Crippen molar-refractivity contribution in [1.82, 2.24) is 0 Å². The van der Waals surface area contributed by atoms with Gasteiger partial charge in [0.1, 0.15) is 0 Å². The number of rotatable bonds is 4. The van der Waals surface area contributed by atoms with Gasteiger partial charge >= 0.3 is 0 Å². The van der Waals surface area contributed by atoms with Gasteiger partial charge in [0.25, 0.3) is 0 Å². The lowest BCUT2D eigenvalue weighted by Gasteiger charge is -2.35. The summed E-state index contributed by atoms with van der Waals surface area (Å²) in [6, 6.07) is 10.5. The molecule has 1 aromatic carbocycles. The molecule has 0 saturated carbocycles. The quantitative estimate of drug-likeness (QED) is 0.680. The van der Waals surface area contributed by atoms with Crippen LogP contribution in [-0.4, -0.2) is 4.75 Å². The zero-order chi connectivity index (χ0) is 12.1. The highest BCUT2D eigenvalue weighted by atomic mass is 32.2. The van der Waals surface area contributed by atoms with E-state index in [2.05, 4.69) is 74.2 Å². The molecule has 0 heterocycles. The normalized spacial score (nSPS) is 27.0. The molecule has 17 heavy (non-hydrogen) atoms. The Bertz CT molecular complexity index is 430. The van der Waals surface area contributed by atoms with Crippen LogP contribution in [0.1, 0.15) is 13.3 Å². The van der Waals surface area contributed by atoms with E-state index in [1.165, 1.54) is 4.90 Å². The van der Waals surface area contributed by atoms with Gasteiger partial charge in [0.15, 0.2) is 0 Å². The van der Waals surface area contributed by atoms with Crippen LogP contribution in [0.25, 0.3) is 0 Å². The average Bonchev–Trinajstić information content (AvgIpc) is 2.40. The van der Waals surface area contributed by atoms with E-state index >= 15 is 0 Å². The first kappa shape index (κ1) is 12.3. The number of allylic oxidation sites excluding steroid dienone is 3. The Hall–Kier alpha value is -1.21. The molecule has 2 atom stereocenters. The van der Waals surface area contributed by atoms with Gasteiger partial charge in [-0.15, -0.1) is 18.3 Å². The van der Waals surface area contributed by atoms with Gasteiger partial charge in [0.2, 0.25) is 0 Å². The Morgan fingerprint density at radius 2 is 2.06 bits per heavy atom. The van der Waals surface area contributed by atoms with Crippen molar-refractivity contribution in [3.05, 3.63) is 67.3 Å². The Kier molecular flexibility index (Phi) is 3.90.